The molecule has 144 valence electrons. The minimum Gasteiger partial charge on any atom is -0.491 e. The number of fused-ring (bicyclic) bond motifs is 1. The second kappa shape index (κ2) is 7.94. The molecule has 1 aliphatic heterocycles. The SMILES string of the molecule is CC1(COc2ccccc2)COc2ccc(C(=O)NCc3cccs3)cc2N1. The number of benzene rings is 2. The molecule has 0 radical (unpaired) electrons. The Morgan fingerprint density at radius 3 is 2.86 bits per heavy atom. The first-order valence-electron chi connectivity index (χ1n) is 9.15. The maximum atomic E-state index is 12.5. The fourth-order valence-corrected chi connectivity index (χ4v) is 3.66. The van der Waals surface area contributed by atoms with Gasteiger partial charge in [-0.1, -0.05) is 24.3 Å². The third-order valence-corrected chi connectivity index (χ3v) is 5.40. The first-order valence-corrected chi connectivity index (χ1v) is 10.0. The van der Waals surface area contributed by atoms with Crippen LogP contribution < -0.4 is 20.1 Å². The maximum Gasteiger partial charge on any atom is 0.251 e. The van der Waals surface area contributed by atoms with Crippen molar-refractivity contribution in [2.75, 3.05) is 18.5 Å². The van der Waals surface area contributed by atoms with Crippen LogP contribution in [0.2, 0.25) is 0 Å². The first-order chi connectivity index (χ1) is 13.6. The van der Waals surface area contributed by atoms with Crippen molar-refractivity contribution < 1.29 is 14.3 Å². The molecule has 0 saturated carbocycles. The number of nitrogens with one attached hydrogen (secondary N) is 2. The summed E-state index contributed by atoms with van der Waals surface area (Å²) in [6.45, 7) is 3.50. The van der Waals surface area contributed by atoms with Gasteiger partial charge in [0, 0.05) is 10.4 Å². The summed E-state index contributed by atoms with van der Waals surface area (Å²) in [6.07, 6.45) is 0. The van der Waals surface area contributed by atoms with Crippen molar-refractivity contribution in [3.8, 4) is 11.5 Å². The zero-order valence-corrected chi connectivity index (χ0v) is 16.4. The highest BCUT2D eigenvalue weighted by atomic mass is 32.1. The lowest BCUT2D eigenvalue weighted by Gasteiger charge is -2.36. The van der Waals surface area contributed by atoms with Gasteiger partial charge in [-0.15, -0.1) is 11.3 Å². The lowest BCUT2D eigenvalue weighted by atomic mass is 10.0. The Kier molecular flexibility index (Phi) is 5.21. The molecule has 0 aliphatic carbocycles. The standard InChI is InChI=1S/C22H22N2O3S/c1-22(14-26-17-6-3-2-4-7-17)15-27-20-10-9-16(12-19(20)24-22)21(25)23-13-18-8-5-11-28-18/h2-12,24H,13-15H2,1H3,(H,23,25). The van der Waals surface area contributed by atoms with Crippen molar-refractivity contribution in [2.24, 2.45) is 0 Å². The van der Waals surface area contributed by atoms with Crippen LogP contribution in [0.4, 0.5) is 5.69 Å². The molecule has 1 aliphatic rings. The number of hydrogen-bond donors (Lipinski definition) is 2. The van der Waals surface area contributed by atoms with Crippen LogP contribution in [-0.4, -0.2) is 24.7 Å². The monoisotopic (exact) mass is 394 g/mol. The van der Waals surface area contributed by atoms with Crippen molar-refractivity contribution in [3.05, 3.63) is 76.5 Å². The normalized spacial score (nSPS) is 17.8. The zero-order chi connectivity index (χ0) is 19.4. The van der Waals surface area contributed by atoms with Gasteiger partial charge in [-0.2, -0.15) is 0 Å². The summed E-state index contributed by atoms with van der Waals surface area (Å²) in [5.41, 5.74) is 1.00. The predicted molar refractivity (Wildman–Crippen MR) is 111 cm³/mol. The van der Waals surface area contributed by atoms with Crippen LogP contribution in [0.5, 0.6) is 11.5 Å². The molecule has 2 heterocycles. The van der Waals surface area contributed by atoms with Gasteiger partial charge >= 0.3 is 0 Å². The predicted octanol–water partition coefficient (Wildman–Crippen LogP) is 4.32. The van der Waals surface area contributed by atoms with Crippen LogP contribution in [0.15, 0.2) is 66.0 Å². The van der Waals surface area contributed by atoms with Crippen LogP contribution in [0.25, 0.3) is 0 Å². The number of amides is 1. The Labute approximate surface area is 168 Å². The molecule has 2 aromatic carbocycles. The molecule has 1 atom stereocenters. The van der Waals surface area contributed by atoms with Crippen molar-refractivity contribution >= 4 is 22.9 Å². The van der Waals surface area contributed by atoms with Crippen LogP contribution in [0.3, 0.4) is 0 Å². The van der Waals surface area contributed by atoms with Crippen molar-refractivity contribution in [1.29, 1.82) is 0 Å². The minimum absolute atomic E-state index is 0.106. The summed E-state index contributed by atoms with van der Waals surface area (Å²) in [5, 5.41) is 8.43. The van der Waals surface area contributed by atoms with Crippen molar-refractivity contribution in [2.45, 2.75) is 19.0 Å². The molecule has 0 spiro atoms. The van der Waals surface area contributed by atoms with Crippen LogP contribution in [0, 0.1) is 0 Å². The zero-order valence-electron chi connectivity index (χ0n) is 15.6. The molecule has 28 heavy (non-hydrogen) atoms. The van der Waals surface area contributed by atoms with E-state index >= 15 is 0 Å². The number of carbonyl (C=O) groups is 1. The quantitative estimate of drug-likeness (QED) is 0.654. The second-order valence-electron chi connectivity index (χ2n) is 7.05. The van der Waals surface area contributed by atoms with Crippen LogP contribution in [-0.2, 0) is 6.54 Å². The third-order valence-electron chi connectivity index (χ3n) is 4.53. The lowest BCUT2D eigenvalue weighted by Crippen LogP contribution is -2.48. The Hall–Kier alpha value is -2.99. The number of anilines is 1. The summed E-state index contributed by atoms with van der Waals surface area (Å²) in [7, 11) is 0. The van der Waals surface area contributed by atoms with Crippen LogP contribution >= 0.6 is 11.3 Å². The summed E-state index contributed by atoms with van der Waals surface area (Å²) in [5.74, 6) is 1.45. The number of ether oxygens (including phenoxy) is 2. The largest absolute Gasteiger partial charge is 0.491 e. The Morgan fingerprint density at radius 1 is 1.21 bits per heavy atom. The summed E-state index contributed by atoms with van der Waals surface area (Å²) in [4.78, 5) is 13.6. The minimum atomic E-state index is -0.394. The Morgan fingerprint density at radius 2 is 2.07 bits per heavy atom. The van der Waals surface area contributed by atoms with E-state index in [1.165, 1.54) is 0 Å². The molecule has 4 rings (SSSR count). The van der Waals surface area contributed by atoms with E-state index in [1.807, 2.05) is 66.9 Å². The Bertz CT molecular complexity index is 944. The van der Waals surface area contributed by atoms with Gasteiger partial charge in [0.05, 0.1) is 12.2 Å². The van der Waals surface area contributed by atoms with E-state index in [0.717, 1.165) is 22.1 Å². The fraction of sp³-hybridized carbons (Fsp3) is 0.227. The summed E-state index contributed by atoms with van der Waals surface area (Å²) in [6, 6.07) is 19.1. The van der Waals surface area contributed by atoms with Gasteiger partial charge in [-0.05, 0) is 48.7 Å². The van der Waals surface area contributed by atoms with Gasteiger partial charge in [0.15, 0.2) is 0 Å². The highest BCUT2D eigenvalue weighted by molar-refractivity contribution is 7.09. The highest BCUT2D eigenvalue weighted by Gasteiger charge is 2.32. The van der Waals surface area contributed by atoms with E-state index in [-0.39, 0.29) is 5.91 Å². The second-order valence-corrected chi connectivity index (χ2v) is 8.08. The third kappa shape index (κ3) is 4.28. The molecule has 0 saturated heterocycles. The van der Waals surface area contributed by atoms with Crippen LogP contribution in [0.1, 0.15) is 22.2 Å². The van der Waals surface area contributed by atoms with E-state index in [0.29, 0.717) is 25.3 Å². The average Bonchev–Trinajstić information content (AvgIpc) is 3.24. The van der Waals surface area contributed by atoms with Crippen molar-refractivity contribution in [1.82, 2.24) is 5.32 Å². The van der Waals surface area contributed by atoms with Gasteiger partial charge in [-0.3, -0.25) is 4.79 Å². The number of para-hydroxylation sites is 1. The van der Waals surface area contributed by atoms with Gasteiger partial charge < -0.3 is 20.1 Å². The van der Waals surface area contributed by atoms with Gasteiger partial charge in [-0.25, -0.2) is 0 Å². The molecule has 1 aromatic heterocycles. The number of hydrogen-bond acceptors (Lipinski definition) is 5. The summed E-state index contributed by atoms with van der Waals surface area (Å²) < 4.78 is 11.8. The smallest absolute Gasteiger partial charge is 0.251 e. The number of rotatable bonds is 6. The Balaban J connectivity index is 1.42. The molecule has 2 N–H and O–H groups in total. The molecule has 5 nitrogen and oxygen atoms in total. The highest BCUT2D eigenvalue weighted by Crippen LogP contribution is 2.33. The topological polar surface area (TPSA) is 59.6 Å². The van der Waals surface area contributed by atoms with E-state index in [2.05, 4.69) is 10.6 Å². The molecular formula is C22H22N2O3S. The average molecular weight is 394 g/mol. The molecule has 0 bridgehead atoms. The van der Waals surface area contributed by atoms with Crippen molar-refractivity contribution in [3.63, 3.8) is 0 Å². The molecule has 6 heteroatoms. The summed E-state index contributed by atoms with van der Waals surface area (Å²) >= 11 is 1.63. The van der Waals surface area contributed by atoms with E-state index in [9.17, 15) is 4.79 Å². The van der Waals surface area contributed by atoms with E-state index in [4.69, 9.17) is 9.47 Å². The van der Waals surface area contributed by atoms with Gasteiger partial charge in [0.25, 0.3) is 5.91 Å². The van der Waals surface area contributed by atoms with E-state index < -0.39 is 5.54 Å². The lowest BCUT2D eigenvalue weighted by molar-refractivity contribution is 0.0951. The molecular weight excluding hydrogens is 372 g/mol. The molecule has 3 aromatic rings. The van der Waals surface area contributed by atoms with Gasteiger partial charge in [0.1, 0.15) is 30.3 Å². The van der Waals surface area contributed by atoms with E-state index in [1.54, 1.807) is 17.4 Å². The molecule has 1 unspecified atom stereocenters. The maximum absolute atomic E-state index is 12.5. The van der Waals surface area contributed by atoms with Gasteiger partial charge in [0.2, 0.25) is 0 Å². The molecule has 1 amide bonds. The first kappa shape index (κ1) is 18.4. The molecule has 0 fully saturated rings. The number of thiophene rings is 1. The number of carbonyl (C=O) groups excluding carboxylic acids is 1. The fourth-order valence-electron chi connectivity index (χ4n) is 3.01.